The molecular formula is C20H18ClN3O5. The van der Waals surface area contributed by atoms with Crippen LogP contribution in [0.1, 0.15) is 12.5 Å². The molecule has 0 radical (unpaired) electrons. The Morgan fingerprint density at radius 3 is 2.79 bits per heavy atom. The first-order valence-electron chi connectivity index (χ1n) is 8.92. The Hall–Kier alpha value is -3.26. The summed E-state index contributed by atoms with van der Waals surface area (Å²) in [5.74, 6) is 0.269. The maximum Gasteiger partial charge on any atom is 0.325 e. The number of hydrogen-bond acceptors (Lipinski definition) is 5. The molecule has 2 heterocycles. The molecule has 1 fully saturated rings. The van der Waals surface area contributed by atoms with Gasteiger partial charge in [0.05, 0.1) is 0 Å². The maximum absolute atomic E-state index is 12.9. The molecule has 0 bridgehead atoms. The molecule has 0 aliphatic carbocycles. The van der Waals surface area contributed by atoms with Gasteiger partial charge in [0.1, 0.15) is 12.1 Å². The first-order valence-corrected chi connectivity index (χ1v) is 9.30. The van der Waals surface area contributed by atoms with Gasteiger partial charge >= 0.3 is 6.03 Å². The number of imide groups is 1. The predicted octanol–water partition coefficient (Wildman–Crippen LogP) is 2.56. The standard InChI is InChI=1S/C20H18ClN3O5/c1-20(9-12-5-6-15-16(7-12)29-11-28-15)18(26)24(19(27)23-20)10-17(25)22-14-4-2-3-13(21)8-14/h2-8H,9-11H2,1H3,(H,22,25)(H,23,27)/t20-/m1/s1. The average Bonchev–Trinajstić information content (AvgIpc) is 3.20. The summed E-state index contributed by atoms with van der Waals surface area (Å²) < 4.78 is 10.6. The van der Waals surface area contributed by atoms with Crippen molar-refractivity contribution in [1.29, 1.82) is 0 Å². The number of hydrogen-bond donors (Lipinski definition) is 2. The smallest absolute Gasteiger partial charge is 0.325 e. The fraction of sp³-hybridized carbons (Fsp3) is 0.250. The molecule has 2 aromatic rings. The van der Waals surface area contributed by atoms with E-state index in [4.69, 9.17) is 21.1 Å². The van der Waals surface area contributed by atoms with Crippen LogP contribution in [0.4, 0.5) is 10.5 Å². The van der Waals surface area contributed by atoms with Crippen LogP contribution in [-0.4, -0.2) is 41.6 Å². The molecule has 0 spiro atoms. The summed E-state index contributed by atoms with van der Waals surface area (Å²) in [6.45, 7) is 1.39. The lowest BCUT2D eigenvalue weighted by Crippen LogP contribution is -2.46. The van der Waals surface area contributed by atoms with E-state index in [1.807, 2.05) is 6.07 Å². The Bertz CT molecular complexity index is 1010. The molecule has 0 unspecified atom stereocenters. The summed E-state index contributed by atoms with van der Waals surface area (Å²) in [5, 5.41) is 5.78. The fourth-order valence-corrected chi connectivity index (χ4v) is 3.57. The third-order valence-corrected chi connectivity index (χ3v) is 4.98. The number of nitrogens with one attached hydrogen (secondary N) is 2. The van der Waals surface area contributed by atoms with Crippen molar-refractivity contribution in [3.63, 3.8) is 0 Å². The quantitative estimate of drug-likeness (QED) is 0.731. The van der Waals surface area contributed by atoms with E-state index in [-0.39, 0.29) is 13.2 Å². The third kappa shape index (κ3) is 3.84. The van der Waals surface area contributed by atoms with Gasteiger partial charge in [0.15, 0.2) is 11.5 Å². The van der Waals surface area contributed by atoms with Crippen molar-refractivity contribution in [1.82, 2.24) is 10.2 Å². The number of anilines is 1. The normalized spacial score (nSPS) is 20.0. The molecule has 4 rings (SSSR count). The van der Waals surface area contributed by atoms with Gasteiger partial charge in [-0.25, -0.2) is 4.79 Å². The van der Waals surface area contributed by atoms with Crippen LogP contribution in [-0.2, 0) is 16.0 Å². The van der Waals surface area contributed by atoms with Crippen molar-refractivity contribution >= 4 is 35.1 Å². The van der Waals surface area contributed by atoms with Crippen molar-refractivity contribution in [2.24, 2.45) is 0 Å². The summed E-state index contributed by atoms with van der Waals surface area (Å²) in [7, 11) is 0. The van der Waals surface area contributed by atoms with Crippen LogP contribution in [0.25, 0.3) is 0 Å². The highest BCUT2D eigenvalue weighted by Crippen LogP contribution is 2.34. The molecule has 2 aromatic carbocycles. The van der Waals surface area contributed by atoms with Crippen molar-refractivity contribution in [3.8, 4) is 11.5 Å². The van der Waals surface area contributed by atoms with Gasteiger partial charge in [-0.05, 0) is 42.8 Å². The Morgan fingerprint density at radius 2 is 2.00 bits per heavy atom. The van der Waals surface area contributed by atoms with E-state index in [0.717, 1.165) is 10.5 Å². The van der Waals surface area contributed by atoms with Gasteiger partial charge in [-0.3, -0.25) is 14.5 Å². The van der Waals surface area contributed by atoms with Crippen LogP contribution in [0.15, 0.2) is 42.5 Å². The van der Waals surface area contributed by atoms with Crippen molar-refractivity contribution in [2.45, 2.75) is 18.9 Å². The van der Waals surface area contributed by atoms with E-state index >= 15 is 0 Å². The number of ether oxygens (including phenoxy) is 2. The van der Waals surface area contributed by atoms with Crippen molar-refractivity contribution in [3.05, 3.63) is 53.1 Å². The number of nitrogens with zero attached hydrogens (tertiary/aromatic N) is 1. The lowest BCUT2D eigenvalue weighted by atomic mass is 9.92. The van der Waals surface area contributed by atoms with Crippen LogP contribution in [0.5, 0.6) is 11.5 Å². The SMILES string of the molecule is C[C@]1(Cc2ccc3c(c2)OCO3)NC(=O)N(CC(=O)Nc2cccc(Cl)c2)C1=O. The molecule has 29 heavy (non-hydrogen) atoms. The largest absolute Gasteiger partial charge is 0.454 e. The molecular weight excluding hydrogens is 398 g/mol. The molecule has 2 aliphatic rings. The van der Waals surface area contributed by atoms with Crippen LogP contribution >= 0.6 is 11.6 Å². The first kappa shape index (κ1) is 19.1. The van der Waals surface area contributed by atoms with Gasteiger partial charge in [-0.1, -0.05) is 23.7 Å². The highest BCUT2D eigenvalue weighted by atomic mass is 35.5. The summed E-state index contributed by atoms with van der Waals surface area (Å²) in [5.41, 5.74) is 0.120. The number of carbonyl (C=O) groups is 3. The number of benzene rings is 2. The van der Waals surface area contributed by atoms with Gasteiger partial charge < -0.3 is 20.1 Å². The van der Waals surface area contributed by atoms with Gasteiger partial charge in [0.25, 0.3) is 5.91 Å². The van der Waals surface area contributed by atoms with Gasteiger partial charge in [0.2, 0.25) is 12.7 Å². The highest BCUT2D eigenvalue weighted by Gasteiger charge is 2.48. The number of amides is 4. The highest BCUT2D eigenvalue weighted by molar-refractivity contribution is 6.30. The molecule has 150 valence electrons. The maximum atomic E-state index is 12.9. The van der Waals surface area contributed by atoms with Crippen LogP contribution in [0.2, 0.25) is 5.02 Å². The van der Waals surface area contributed by atoms with Gasteiger partial charge in [-0.15, -0.1) is 0 Å². The predicted molar refractivity (Wildman–Crippen MR) is 105 cm³/mol. The van der Waals surface area contributed by atoms with Crippen LogP contribution < -0.4 is 20.1 Å². The summed E-state index contributed by atoms with van der Waals surface area (Å²) in [4.78, 5) is 38.5. The molecule has 0 aromatic heterocycles. The number of rotatable bonds is 5. The second kappa shape index (κ2) is 7.29. The monoisotopic (exact) mass is 415 g/mol. The minimum Gasteiger partial charge on any atom is -0.454 e. The number of urea groups is 1. The number of halogens is 1. The second-order valence-electron chi connectivity index (χ2n) is 7.08. The topological polar surface area (TPSA) is 97.0 Å². The molecule has 1 atom stereocenters. The Balaban J connectivity index is 1.44. The minimum atomic E-state index is -1.17. The molecule has 9 heteroatoms. The zero-order valence-electron chi connectivity index (χ0n) is 15.5. The first-order chi connectivity index (χ1) is 13.8. The Kier molecular flexibility index (Phi) is 4.79. The zero-order chi connectivity index (χ0) is 20.6. The Labute approximate surface area is 171 Å². The molecule has 2 aliphatic heterocycles. The van der Waals surface area contributed by atoms with Crippen molar-refractivity contribution in [2.75, 3.05) is 18.7 Å². The summed E-state index contributed by atoms with van der Waals surface area (Å²) >= 11 is 5.90. The van der Waals surface area contributed by atoms with E-state index in [1.165, 1.54) is 0 Å². The van der Waals surface area contributed by atoms with E-state index in [1.54, 1.807) is 43.3 Å². The fourth-order valence-electron chi connectivity index (χ4n) is 3.38. The summed E-state index contributed by atoms with van der Waals surface area (Å²) in [6.07, 6.45) is 0.251. The van der Waals surface area contributed by atoms with E-state index < -0.39 is 29.9 Å². The molecule has 4 amide bonds. The Morgan fingerprint density at radius 1 is 1.21 bits per heavy atom. The number of fused-ring (bicyclic) bond motifs is 1. The number of carbonyl (C=O) groups excluding carboxylic acids is 3. The van der Waals surface area contributed by atoms with E-state index in [2.05, 4.69) is 10.6 Å². The molecule has 0 saturated carbocycles. The second-order valence-corrected chi connectivity index (χ2v) is 7.51. The lowest BCUT2D eigenvalue weighted by Gasteiger charge is -2.22. The lowest BCUT2D eigenvalue weighted by molar-refractivity contribution is -0.133. The molecule has 1 saturated heterocycles. The van der Waals surface area contributed by atoms with Crippen molar-refractivity contribution < 1.29 is 23.9 Å². The zero-order valence-corrected chi connectivity index (χ0v) is 16.3. The summed E-state index contributed by atoms with van der Waals surface area (Å²) in [6, 6.07) is 11.4. The molecule has 8 nitrogen and oxygen atoms in total. The third-order valence-electron chi connectivity index (χ3n) is 4.75. The van der Waals surface area contributed by atoms with E-state index in [9.17, 15) is 14.4 Å². The average molecular weight is 416 g/mol. The van der Waals surface area contributed by atoms with Crippen LogP contribution in [0.3, 0.4) is 0 Å². The van der Waals surface area contributed by atoms with Gasteiger partial charge in [-0.2, -0.15) is 0 Å². The molecule has 2 N–H and O–H groups in total. The van der Waals surface area contributed by atoms with E-state index in [0.29, 0.717) is 22.2 Å². The minimum absolute atomic E-state index is 0.154. The van der Waals surface area contributed by atoms with Crippen LogP contribution in [0, 0.1) is 0 Å². The van der Waals surface area contributed by atoms with Gasteiger partial charge in [0, 0.05) is 17.1 Å².